The molecule has 5 aliphatic rings. The summed E-state index contributed by atoms with van der Waals surface area (Å²) in [5.41, 5.74) is -0.198. The molecule has 2 saturated carbocycles. The van der Waals surface area contributed by atoms with E-state index in [2.05, 4.69) is 93.7 Å². The quantitative estimate of drug-likeness (QED) is 0.0947. The number of hydroxylamine groups is 2. The third-order valence-corrected chi connectivity index (χ3v) is 23.8. The molecule has 9 nitrogen and oxygen atoms in total. The maximum atomic E-state index is 15.4. The summed E-state index contributed by atoms with van der Waals surface area (Å²) in [5, 5.41) is 1.19. The lowest BCUT2D eigenvalue weighted by Crippen LogP contribution is -2.67. The Morgan fingerprint density at radius 3 is 2.20 bits per heavy atom. The van der Waals surface area contributed by atoms with E-state index in [0.717, 1.165) is 30.6 Å². The summed E-state index contributed by atoms with van der Waals surface area (Å²) in [6.45, 7) is 26.7. The molecule has 6 rings (SSSR count). The van der Waals surface area contributed by atoms with Crippen LogP contribution in [0.5, 0.6) is 5.75 Å². The summed E-state index contributed by atoms with van der Waals surface area (Å²) in [6.07, 6.45) is 7.86. The maximum Gasteiger partial charge on any atom is 0.264 e. The fourth-order valence-electron chi connectivity index (χ4n) is 9.40. The van der Waals surface area contributed by atoms with Crippen LogP contribution in [0.15, 0.2) is 36.4 Å². The van der Waals surface area contributed by atoms with Crippen LogP contribution >= 0.6 is 0 Å². The molecule has 2 unspecified atom stereocenters. The second-order valence-corrected chi connectivity index (χ2v) is 30.1. The van der Waals surface area contributed by atoms with E-state index in [-0.39, 0.29) is 64.8 Å². The summed E-state index contributed by atoms with van der Waals surface area (Å²) in [5.74, 6) is -2.26. The number of ketones is 2. The van der Waals surface area contributed by atoms with E-state index in [4.69, 9.17) is 23.2 Å². The molecule has 55 heavy (non-hydrogen) atoms. The topological polar surface area (TPSA) is 104 Å². The number of fused-ring (bicyclic) bond motifs is 2. The van der Waals surface area contributed by atoms with Gasteiger partial charge in [-0.15, -0.1) is 0 Å². The van der Waals surface area contributed by atoms with Gasteiger partial charge in [0.2, 0.25) is 0 Å². The maximum absolute atomic E-state index is 15.4. The molecule has 2 heterocycles. The van der Waals surface area contributed by atoms with Gasteiger partial charge in [-0.1, -0.05) is 86.1 Å². The minimum absolute atomic E-state index is 0.00372. The Bertz CT molecular complexity index is 1630. The molecule has 306 valence electrons. The molecule has 3 aliphatic carbocycles. The van der Waals surface area contributed by atoms with Gasteiger partial charge in [-0.2, -0.15) is 0 Å². The molecule has 0 radical (unpaired) electrons. The number of carbonyl (C=O) groups is 3. The van der Waals surface area contributed by atoms with Gasteiger partial charge in [0.1, 0.15) is 24.6 Å². The largest absolute Gasteiger partial charge is 0.497 e. The van der Waals surface area contributed by atoms with Crippen molar-refractivity contribution in [1.82, 2.24) is 5.06 Å². The number of ether oxygens (including phenoxy) is 2. The molecular formula is C44H69NO8Si2. The number of epoxide rings is 1. The van der Waals surface area contributed by atoms with Crippen molar-refractivity contribution in [2.75, 3.05) is 13.7 Å². The number of hydrogen-bond acceptors (Lipinski definition) is 8. The van der Waals surface area contributed by atoms with Gasteiger partial charge in [0.25, 0.3) is 5.91 Å². The highest BCUT2D eigenvalue weighted by atomic mass is 28.4. The van der Waals surface area contributed by atoms with E-state index < -0.39 is 52.0 Å². The minimum Gasteiger partial charge on any atom is -0.497 e. The van der Waals surface area contributed by atoms with Gasteiger partial charge in [-0.05, 0) is 103 Å². The zero-order valence-electron chi connectivity index (χ0n) is 35.9. The van der Waals surface area contributed by atoms with Crippen LogP contribution in [-0.2, 0) is 39.4 Å². The Morgan fingerprint density at radius 2 is 1.58 bits per heavy atom. The molecule has 0 bridgehead atoms. The third kappa shape index (κ3) is 8.13. The molecule has 0 N–H and O–H groups in total. The molecule has 0 spiro atoms. The molecule has 4 fully saturated rings. The molecule has 2 saturated heterocycles. The lowest BCUT2D eigenvalue weighted by Gasteiger charge is -2.53. The molecular weight excluding hydrogens is 727 g/mol. The zero-order valence-corrected chi connectivity index (χ0v) is 37.9. The lowest BCUT2D eigenvalue weighted by molar-refractivity contribution is -0.216. The van der Waals surface area contributed by atoms with Crippen LogP contribution in [0, 0.1) is 41.4 Å². The SMILES string of the molecule is COc1ccc(CON2CC([C@]3(O[Si](C)(C)C(C)(C)C)CC[C@H](O[Si](C)(C)C(C)(C)C)[C@@H]4O[C@@H]43)C(=O)C(C(=O)[C@@H]3[C@H]4CC[C@H](C)C[C@@H]4C=C[C@@H]3C)C2=O)cc1. The molecule has 1 aromatic rings. The number of Topliss-reactive ketones (excluding diaryl/α,β-unsaturated/α-hetero) is 2. The van der Waals surface area contributed by atoms with Gasteiger partial charge in [0, 0.05) is 5.92 Å². The number of amides is 1. The first-order chi connectivity index (χ1) is 25.5. The van der Waals surface area contributed by atoms with Crippen LogP contribution in [-0.4, -0.2) is 76.7 Å². The average molecular weight is 796 g/mol. The van der Waals surface area contributed by atoms with Gasteiger partial charge < -0.3 is 18.3 Å². The Balaban J connectivity index is 1.39. The number of rotatable bonds is 11. The number of nitrogens with zero attached hydrogens (tertiary/aromatic N) is 1. The highest BCUT2D eigenvalue weighted by Gasteiger charge is 2.70. The van der Waals surface area contributed by atoms with Crippen molar-refractivity contribution in [3.05, 3.63) is 42.0 Å². The monoisotopic (exact) mass is 795 g/mol. The summed E-state index contributed by atoms with van der Waals surface area (Å²) in [6, 6.07) is 7.50. The highest BCUT2D eigenvalue weighted by Crippen LogP contribution is 2.56. The normalized spacial score (nSPS) is 35.6. The van der Waals surface area contributed by atoms with Crippen LogP contribution in [0.1, 0.15) is 93.1 Å². The molecule has 2 aliphatic heterocycles. The molecule has 0 aromatic heterocycles. The van der Waals surface area contributed by atoms with E-state index in [1.807, 2.05) is 24.3 Å². The van der Waals surface area contributed by atoms with Crippen molar-refractivity contribution >= 4 is 34.1 Å². The van der Waals surface area contributed by atoms with Crippen LogP contribution < -0.4 is 4.74 Å². The third-order valence-electron chi connectivity index (χ3n) is 14.8. The van der Waals surface area contributed by atoms with Gasteiger partial charge in [0.05, 0.1) is 31.3 Å². The van der Waals surface area contributed by atoms with Gasteiger partial charge in [-0.3, -0.25) is 19.2 Å². The predicted molar refractivity (Wildman–Crippen MR) is 219 cm³/mol. The number of piperidine rings is 1. The smallest absolute Gasteiger partial charge is 0.264 e. The first kappa shape index (κ1) is 42.4. The fraction of sp³-hybridized carbons (Fsp3) is 0.750. The zero-order chi connectivity index (χ0) is 40.5. The Hall–Kier alpha value is -2.16. The molecule has 11 atom stereocenters. The molecule has 11 heteroatoms. The summed E-state index contributed by atoms with van der Waals surface area (Å²) in [4.78, 5) is 51.6. The van der Waals surface area contributed by atoms with E-state index in [9.17, 15) is 4.79 Å². The number of carbonyl (C=O) groups excluding carboxylic acids is 3. The minimum atomic E-state index is -2.55. The summed E-state index contributed by atoms with van der Waals surface area (Å²) >= 11 is 0. The first-order valence-electron chi connectivity index (χ1n) is 20.9. The van der Waals surface area contributed by atoms with Crippen molar-refractivity contribution in [2.24, 2.45) is 41.4 Å². The number of allylic oxidation sites excluding steroid dienone is 2. The van der Waals surface area contributed by atoms with Crippen LogP contribution in [0.4, 0.5) is 0 Å². The van der Waals surface area contributed by atoms with Crippen molar-refractivity contribution in [1.29, 1.82) is 0 Å². The lowest BCUT2D eigenvalue weighted by atomic mass is 9.59. The Labute approximate surface area is 332 Å². The van der Waals surface area contributed by atoms with Crippen molar-refractivity contribution < 1.29 is 37.5 Å². The Kier molecular flexibility index (Phi) is 11.7. The Morgan fingerprint density at radius 1 is 0.927 bits per heavy atom. The fourth-order valence-corrected chi connectivity index (χ4v) is 12.4. The number of methoxy groups -OCH3 is 1. The molecule has 1 aromatic carbocycles. The predicted octanol–water partition coefficient (Wildman–Crippen LogP) is 8.93. The number of hydrogen-bond donors (Lipinski definition) is 0. The van der Waals surface area contributed by atoms with Crippen molar-refractivity contribution in [3.63, 3.8) is 0 Å². The van der Waals surface area contributed by atoms with Crippen molar-refractivity contribution in [2.45, 2.75) is 154 Å². The first-order valence-corrected chi connectivity index (χ1v) is 26.7. The van der Waals surface area contributed by atoms with E-state index in [1.54, 1.807) is 7.11 Å². The second kappa shape index (κ2) is 15.2. The number of benzene rings is 1. The second-order valence-electron chi connectivity index (χ2n) is 20.6. The van der Waals surface area contributed by atoms with Crippen LogP contribution in [0.25, 0.3) is 0 Å². The van der Waals surface area contributed by atoms with E-state index >= 15 is 9.59 Å². The van der Waals surface area contributed by atoms with E-state index in [1.165, 1.54) is 5.06 Å². The van der Waals surface area contributed by atoms with Crippen molar-refractivity contribution in [3.8, 4) is 5.75 Å². The van der Waals surface area contributed by atoms with Crippen LogP contribution in [0.3, 0.4) is 0 Å². The summed E-state index contributed by atoms with van der Waals surface area (Å²) < 4.78 is 26.5. The summed E-state index contributed by atoms with van der Waals surface area (Å²) in [7, 11) is -3.06. The van der Waals surface area contributed by atoms with Gasteiger partial charge in [-0.25, -0.2) is 5.06 Å². The van der Waals surface area contributed by atoms with Gasteiger partial charge >= 0.3 is 0 Å². The van der Waals surface area contributed by atoms with E-state index in [0.29, 0.717) is 18.8 Å². The molecule has 1 amide bonds. The van der Waals surface area contributed by atoms with Crippen LogP contribution in [0.2, 0.25) is 36.3 Å². The average Bonchev–Trinajstić information content (AvgIpc) is 3.91. The van der Waals surface area contributed by atoms with Gasteiger partial charge in [0.15, 0.2) is 34.1 Å². The standard InChI is InChI=1S/C44H69NO8Si2/c1-27-14-21-32-30(24-27)18-15-28(2)35(32)38(47)36-37(46)33(25-45(41(36)48)50-26-29-16-19-31(49-9)20-17-29)44(53-55(12,13)43(6,7)8)23-22-34(39-40(44)51-39)52-54(10,11)42(3,4)5/h15-20,27-28,30,32-36,39-40H,14,21-26H2,1-13H3/t27-,28-,30-,32-,33?,34-,35-,36?,39-,40-,44+/m0/s1. The highest BCUT2D eigenvalue weighted by molar-refractivity contribution is 6.74.